The number of fused-ring (bicyclic) bond motifs is 1. The van der Waals surface area contributed by atoms with Crippen LogP contribution in [0.4, 0.5) is 13.2 Å². The molecule has 0 spiro atoms. The van der Waals surface area contributed by atoms with Gasteiger partial charge in [0.15, 0.2) is 0 Å². The van der Waals surface area contributed by atoms with Crippen LogP contribution in [0.25, 0.3) is 0 Å². The molecule has 2 aliphatic rings. The summed E-state index contributed by atoms with van der Waals surface area (Å²) in [7, 11) is 0. The Morgan fingerprint density at radius 3 is 2.74 bits per heavy atom. The van der Waals surface area contributed by atoms with Gasteiger partial charge in [0.2, 0.25) is 0 Å². The maximum Gasteiger partial charge on any atom is 0.392 e. The van der Waals surface area contributed by atoms with Crippen LogP contribution in [0.1, 0.15) is 42.9 Å². The van der Waals surface area contributed by atoms with Crippen molar-refractivity contribution in [1.29, 1.82) is 0 Å². The number of hydrogen-bond acceptors (Lipinski definition) is 2. The fourth-order valence-corrected chi connectivity index (χ4v) is 3.05. The van der Waals surface area contributed by atoms with E-state index in [1.165, 1.54) is 0 Å². The van der Waals surface area contributed by atoms with Gasteiger partial charge in [-0.2, -0.15) is 13.2 Å². The lowest BCUT2D eigenvalue weighted by Gasteiger charge is -2.23. The van der Waals surface area contributed by atoms with Crippen molar-refractivity contribution in [3.05, 3.63) is 17.2 Å². The van der Waals surface area contributed by atoms with Crippen LogP contribution in [0.2, 0.25) is 0 Å². The van der Waals surface area contributed by atoms with Crippen molar-refractivity contribution in [2.24, 2.45) is 5.92 Å². The monoisotopic (exact) mass is 274 g/mol. The van der Waals surface area contributed by atoms with Crippen LogP contribution < -0.4 is 0 Å². The Morgan fingerprint density at radius 1 is 1.32 bits per heavy atom. The molecule has 106 valence electrons. The summed E-state index contributed by atoms with van der Waals surface area (Å²) in [6.45, 7) is 2.68. The predicted molar refractivity (Wildman–Crippen MR) is 62.9 cm³/mol. The van der Waals surface area contributed by atoms with Gasteiger partial charge in [0.05, 0.1) is 17.7 Å². The van der Waals surface area contributed by atoms with Crippen LogP contribution in [0.3, 0.4) is 0 Å². The zero-order valence-electron chi connectivity index (χ0n) is 10.8. The number of rotatable bonds is 1. The van der Waals surface area contributed by atoms with Gasteiger partial charge >= 0.3 is 6.18 Å². The van der Waals surface area contributed by atoms with Crippen molar-refractivity contribution >= 4 is 0 Å². The summed E-state index contributed by atoms with van der Waals surface area (Å²) < 4.78 is 43.7. The summed E-state index contributed by atoms with van der Waals surface area (Å²) >= 11 is 0. The van der Waals surface area contributed by atoms with Gasteiger partial charge in [-0.15, -0.1) is 0 Å². The number of ether oxygens (including phenoxy) is 1. The van der Waals surface area contributed by atoms with E-state index in [1.54, 1.807) is 0 Å². The molecule has 0 amide bonds. The molecule has 3 unspecified atom stereocenters. The lowest BCUT2D eigenvalue weighted by molar-refractivity contribution is -0.177. The number of aryl methyl sites for hydroxylation is 1. The van der Waals surface area contributed by atoms with E-state index in [2.05, 4.69) is 9.97 Å². The molecule has 1 fully saturated rings. The first-order valence-corrected chi connectivity index (χ1v) is 6.71. The number of alkyl halides is 3. The second-order valence-electron chi connectivity index (χ2n) is 5.50. The van der Waals surface area contributed by atoms with Gasteiger partial charge in [0.1, 0.15) is 5.82 Å². The Labute approximate surface area is 109 Å². The van der Waals surface area contributed by atoms with Crippen molar-refractivity contribution < 1.29 is 17.9 Å². The normalized spacial score (nSPS) is 31.5. The highest BCUT2D eigenvalue weighted by molar-refractivity contribution is 5.21. The molecule has 0 saturated carbocycles. The average molecular weight is 274 g/mol. The van der Waals surface area contributed by atoms with E-state index in [9.17, 15) is 13.2 Å². The first-order chi connectivity index (χ1) is 8.95. The second-order valence-corrected chi connectivity index (χ2v) is 5.50. The Kier molecular flexibility index (Phi) is 3.08. The van der Waals surface area contributed by atoms with Crippen LogP contribution in [0, 0.1) is 5.92 Å². The fourth-order valence-electron chi connectivity index (χ4n) is 3.05. The Balaban J connectivity index is 1.81. The molecule has 1 aliphatic carbocycles. The number of H-pyrrole nitrogens is 1. The topological polar surface area (TPSA) is 37.9 Å². The molecule has 2 heterocycles. The van der Waals surface area contributed by atoms with Gasteiger partial charge in [-0.3, -0.25) is 0 Å². The lowest BCUT2D eigenvalue weighted by atomic mass is 9.89. The van der Waals surface area contributed by atoms with Crippen molar-refractivity contribution in [1.82, 2.24) is 9.97 Å². The Hall–Kier alpha value is -1.04. The van der Waals surface area contributed by atoms with Crippen molar-refractivity contribution in [3.63, 3.8) is 0 Å². The van der Waals surface area contributed by atoms with Gasteiger partial charge < -0.3 is 9.72 Å². The van der Waals surface area contributed by atoms with E-state index in [1.807, 2.05) is 6.92 Å². The predicted octanol–water partition coefficient (Wildman–Crippen LogP) is 2.97. The van der Waals surface area contributed by atoms with Crippen molar-refractivity contribution in [2.75, 3.05) is 6.61 Å². The molecule has 1 saturated heterocycles. The molecular weight excluding hydrogens is 257 g/mol. The van der Waals surface area contributed by atoms with Crippen LogP contribution in [-0.2, 0) is 17.6 Å². The molecule has 1 N–H and O–H groups in total. The smallest absolute Gasteiger partial charge is 0.378 e. The Morgan fingerprint density at radius 2 is 2.11 bits per heavy atom. The highest BCUT2D eigenvalue weighted by atomic mass is 19.4. The summed E-state index contributed by atoms with van der Waals surface area (Å²) in [6, 6.07) is 0. The fraction of sp³-hybridized carbons (Fsp3) is 0.769. The molecule has 1 aromatic rings. The van der Waals surface area contributed by atoms with E-state index < -0.39 is 12.1 Å². The number of aromatic nitrogens is 2. The molecule has 3 nitrogen and oxygen atoms in total. The van der Waals surface area contributed by atoms with E-state index in [-0.39, 0.29) is 24.9 Å². The highest BCUT2D eigenvalue weighted by Gasteiger charge is 2.42. The summed E-state index contributed by atoms with van der Waals surface area (Å²) in [4.78, 5) is 7.61. The van der Waals surface area contributed by atoms with Gasteiger partial charge in [-0.25, -0.2) is 4.98 Å². The first-order valence-electron chi connectivity index (χ1n) is 6.71. The van der Waals surface area contributed by atoms with Crippen molar-refractivity contribution in [3.8, 4) is 0 Å². The van der Waals surface area contributed by atoms with Gasteiger partial charge in [-0.1, -0.05) is 0 Å². The van der Waals surface area contributed by atoms with Gasteiger partial charge in [0, 0.05) is 24.6 Å². The minimum absolute atomic E-state index is 0.0355. The van der Waals surface area contributed by atoms with E-state index in [0.717, 1.165) is 17.9 Å². The molecular formula is C13H17F3N2O. The number of halogens is 3. The van der Waals surface area contributed by atoms with Crippen LogP contribution >= 0.6 is 0 Å². The van der Waals surface area contributed by atoms with E-state index in [4.69, 9.17) is 4.74 Å². The SMILES string of the molecule is CC1OCCC1c1nc2c([nH]1)CC(C(F)(F)F)CC2. The molecule has 6 heteroatoms. The largest absolute Gasteiger partial charge is 0.392 e. The molecule has 3 rings (SSSR count). The number of aromatic amines is 1. The second kappa shape index (κ2) is 4.51. The van der Waals surface area contributed by atoms with Crippen LogP contribution in [-0.4, -0.2) is 28.9 Å². The summed E-state index contributed by atoms with van der Waals surface area (Å²) in [5.74, 6) is -0.238. The van der Waals surface area contributed by atoms with Crippen LogP contribution in [0.5, 0.6) is 0 Å². The lowest BCUT2D eigenvalue weighted by Crippen LogP contribution is -2.28. The average Bonchev–Trinajstić information content (AvgIpc) is 2.91. The standard InChI is InChI=1S/C13H17F3N2O/c1-7-9(4-5-19-7)12-17-10-3-2-8(13(14,15)16)6-11(10)18-12/h7-9H,2-6H2,1H3,(H,17,18). The summed E-state index contributed by atoms with van der Waals surface area (Å²) in [5, 5.41) is 0. The van der Waals surface area contributed by atoms with Gasteiger partial charge in [-0.05, 0) is 26.2 Å². The molecule has 1 aliphatic heterocycles. The number of nitrogens with zero attached hydrogens (tertiary/aromatic N) is 1. The van der Waals surface area contributed by atoms with Crippen LogP contribution in [0.15, 0.2) is 0 Å². The third-order valence-electron chi connectivity index (χ3n) is 4.25. The van der Waals surface area contributed by atoms with E-state index >= 15 is 0 Å². The molecule has 0 aromatic carbocycles. The van der Waals surface area contributed by atoms with E-state index in [0.29, 0.717) is 18.7 Å². The minimum Gasteiger partial charge on any atom is -0.378 e. The van der Waals surface area contributed by atoms with Crippen molar-refractivity contribution in [2.45, 2.75) is 50.8 Å². The molecule has 1 aromatic heterocycles. The summed E-state index contributed by atoms with van der Waals surface area (Å²) in [5.41, 5.74) is 1.48. The number of nitrogens with one attached hydrogen (secondary N) is 1. The molecule has 3 atom stereocenters. The third-order valence-corrected chi connectivity index (χ3v) is 4.25. The van der Waals surface area contributed by atoms with Gasteiger partial charge in [0.25, 0.3) is 0 Å². The maximum absolute atomic E-state index is 12.8. The number of hydrogen-bond donors (Lipinski definition) is 1. The minimum atomic E-state index is -4.10. The maximum atomic E-state index is 12.8. The molecule has 19 heavy (non-hydrogen) atoms. The first kappa shape index (κ1) is 13.0. The highest BCUT2D eigenvalue weighted by Crippen LogP contribution is 2.38. The zero-order chi connectivity index (χ0) is 13.6. The summed E-state index contributed by atoms with van der Waals surface area (Å²) in [6.07, 6.45) is -2.53. The number of imidazole rings is 1. The quantitative estimate of drug-likeness (QED) is 0.855. The zero-order valence-corrected chi connectivity index (χ0v) is 10.8. The molecule has 0 radical (unpaired) electrons. The molecule has 0 bridgehead atoms. The Bertz CT molecular complexity index is 469. The third kappa shape index (κ3) is 2.38.